The van der Waals surface area contributed by atoms with Crippen LogP contribution in [0.3, 0.4) is 0 Å². The molecule has 3 heterocycles. The number of benzene rings is 1. The Bertz CT molecular complexity index is 1750. The van der Waals surface area contributed by atoms with E-state index in [4.69, 9.17) is 14.5 Å². The van der Waals surface area contributed by atoms with Gasteiger partial charge in [-0.1, -0.05) is 13.3 Å². The third-order valence-corrected chi connectivity index (χ3v) is 11.2. The van der Waals surface area contributed by atoms with Gasteiger partial charge in [0.1, 0.15) is 23.7 Å². The van der Waals surface area contributed by atoms with Gasteiger partial charge in [0, 0.05) is 45.2 Å². The molecule has 2 aromatic heterocycles. The molecule has 0 unspecified atom stereocenters. The molecular weight excluding hydrogens is 621 g/mol. The zero-order valence-corrected chi connectivity index (χ0v) is 27.0. The number of sulfonamides is 1. The fourth-order valence-corrected chi connectivity index (χ4v) is 7.78. The minimum absolute atomic E-state index is 0.0184. The van der Waals surface area contributed by atoms with Crippen LogP contribution in [0, 0.1) is 0 Å². The van der Waals surface area contributed by atoms with Gasteiger partial charge in [0.05, 0.1) is 29.3 Å². The second-order valence-corrected chi connectivity index (χ2v) is 16.5. The predicted molar refractivity (Wildman–Crippen MR) is 163 cm³/mol. The summed E-state index contributed by atoms with van der Waals surface area (Å²) < 4.78 is 63.4. The summed E-state index contributed by atoms with van der Waals surface area (Å²) in [5.41, 5.74) is 1.43. The molecule has 1 N–H and O–H groups in total. The van der Waals surface area contributed by atoms with Crippen molar-refractivity contribution >= 4 is 46.7 Å². The van der Waals surface area contributed by atoms with Gasteiger partial charge in [0.15, 0.2) is 14.4 Å². The predicted octanol–water partition coefficient (Wildman–Crippen LogP) is 1.22. The fourth-order valence-electron chi connectivity index (χ4n) is 4.76. The van der Waals surface area contributed by atoms with Crippen LogP contribution in [0.25, 0.3) is 22.4 Å². The molecule has 0 radical (unpaired) electrons. The lowest BCUT2D eigenvalue weighted by Gasteiger charge is -2.33. The zero-order valence-electron chi connectivity index (χ0n) is 24.5. The number of carbonyl (C=O) groups is 1. The SMILES string of the molecule is CCCc1nn(C)c2c(=O)[nH]c(-c3cc(S(=O)(=O)N4CCN(CC(=O)OCCSS(C)(=O)=O)CC4)ccc3OCC)nc12. The van der Waals surface area contributed by atoms with Gasteiger partial charge >= 0.3 is 5.97 Å². The van der Waals surface area contributed by atoms with Crippen molar-refractivity contribution in [2.45, 2.75) is 31.6 Å². The average Bonchev–Trinajstić information content (AvgIpc) is 3.26. The second kappa shape index (κ2) is 13.8. The van der Waals surface area contributed by atoms with Crippen molar-refractivity contribution in [3.05, 3.63) is 34.2 Å². The summed E-state index contributed by atoms with van der Waals surface area (Å²) in [5.74, 6) is 0.195. The number of aromatic amines is 1. The number of aryl methyl sites for hydroxylation is 2. The van der Waals surface area contributed by atoms with Crippen LogP contribution >= 0.6 is 10.8 Å². The van der Waals surface area contributed by atoms with Gasteiger partial charge in [-0.15, -0.1) is 0 Å². The molecule has 1 saturated heterocycles. The number of ether oxygens (including phenoxy) is 2. The molecule has 14 nitrogen and oxygen atoms in total. The Labute approximate surface area is 254 Å². The molecule has 43 heavy (non-hydrogen) atoms. The molecule has 0 saturated carbocycles. The first kappa shape index (κ1) is 32.9. The molecule has 236 valence electrons. The fraction of sp³-hybridized carbons (Fsp3) is 0.538. The van der Waals surface area contributed by atoms with Gasteiger partial charge in [0.2, 0.25) is 10.0 Å². The molecule has 4 rings (SSSR count). The van der Waals surface area contributed by atoms with E-state index in [9.17, 15) is 26.4 Å². The van der Waals surface area contributed by atoms with Crippen molar-refractivity contribution in [3.63, 3.8) is 0 Å². The summed E-state index contributed by atoms with van der Waals surface area (Å²) in [6.45, 7) is 4.99. The quantitative estimate of drug-likeness (QED) is 0.159. The normalized spacial score (nSPS) is 15.2. The van der Waals surface area contributed by atoms with E-state index in [-0.39, 0.29) is 42.7 Å². The largest absolute Gasteiger partial charge is 0.493 e. The first-order valence-corrected chi connectivity index (χ1v) is 18.6. The molecule has 1 aromatic carbocycles. The number of hydrogen-bond donors (Lipinski definition) is 1. The summed E-state index contributed by atoms with van der Waals surface area (Å²) >= 11 is 0. The summed E-state index contributed by atoms with van der Waals surface area (Å²) in [6.07, 6.45) is 2.53. The molecule has 0 spiro atoms. The van der Waals surface area contributed by atoms with Crippen LogP contribution in [0.15, 0.2) is 27.9 Å². The molecule has 0 aliphatic carbocycles. The highest BCUT2D eigenvalue weighted by atomic mass is 33.1. The van der Waals surface area contributed by atoms with Crippen LogP contribution in [0.1, 0.15) is 26.0 Å². The third-order valence-electron chi connectivity index (χ3n) is 6.72. The number of piperazine rings is 1. The summed E-state index contributed by atoms with van der Waals surface area (Å²) in [4.78, 5) is 34.5. The number of H-pyrrole nitrogens is 1. The molecule has 0 amide bonds. The van der Waals surface area contributed by atoms with E-state index in [1.807, 2.05) is 6.92 Å². The van der Waals surface area contributed by atoms with Crippen LogP contribution in [-0.4, -0.2) is 110 Å². The maximum atomic E-state index is 13.7. The Kier molecular flexibility index (Phi) is 10.5. The van der Waals surface area contributed by atoms with Gasteiger partial charge < -0.3 is 14.5 Å². The minimum Gasteiger partial charge on any atom is -0.493 e. The lowest BCUT2D eigenvalue weighted by atomic mass is 10.1. The van der Waals surface area contributed by atoms with E-state index < -0.39 is 30.4 Å². The van der Waals surface area contributed by atoms with E-state index in [1.54, 1.807) is 24.9 Å². The van der Waals surface area contributed by atoms with Crippen molar-refractivity contribution in [1.29, 1.82) is 0 Å². The molecule has 17 heteroatoms. The Hall–Kier alpha value is -2.99. The lowest BCUT2D eigenvalue weighted by molar-refractivity contribution is -0.144. The Morgan fingerprint density at radius 2 is 1.84 bits per heavy atom. The molecule has 0 atom stereocenters. The molecule has 1 fully saturated rings. The first-order chi connectivity index (χ1) is 20.3. The summed E-state index contributed by atoms with van der Waals surface area (Å²) in [5, 5.41) is 4.45. The standard InChI is InChI=1S/C26H36N6O8S3/c1-5-7-20-23-24(30(3)29-20)26(34)28-25(27-23)19-16-18(8-9-21(19)39-6-2)43(37,38)32-12-10-31(11-13-32)17-22(33)40-14-15-41-42(4,35)36/h8-9,16H,5-7,10-15,17H2,1-4H3,(H,27,28,34). The highest BCUT2D eigenvalue weighted by Crippen LogP contribution is 2.32. The van der Waals surface area contributed by atoms with Gasteiger partial charge in [-0.05, 0) is 42.3 Å². The van der Waals surface area contributed by atoms with Gasteiger partial charge in [-0.25, -0.2) is 21.8 Å². The summed E-state index contributed by atoms with van der Waals surface area (Å²) in [6, 6.07) is 4.48. The second-order valence-electron chi connectivity index (χ2n) is 9.95. The van der Waals surface area contributed by atoms with Crippen LogP contribution in [-0.2, 0) is 41.9 Å². The number of esters is 1. The van der Waals surface area contributed by atoms with Gasteiger partial charge in [0.25, 0.3) is 5.56 Å². The molecule has 0 bridgehead atoms. The minimum atomic E-state index is -3.93. The van der Waals surface area contributed by atoms with Crippen LogP contribution in [0.5, 0.6) is 5.75 Å². The summed E-state index contributed by atoms with van der Waals surface area (Å²) in [7, 11) is -4.75. The topological polar surface area (TPSA) is 174 Å². The van der Waals surface area contributed by atoms with Crippen molar-refractivity contribution in [2.24, 2.45) is 7.05 Å². The molecule has 1 aliphatic heterocycles. The first-order valence-electron chi connectivity index (χ1n) is 13.8. The van der Waals surface area contributed by atoms with E-state index in [1.165, 1.54) is 21.1 Å². The zero-order chi connectivity index (χ0) is 31.4. The molecular formula is C26H36N6O8S3. The average molecular weight is 657 g/mol. The Morgan fingerprint density at radius 1 is 1.12 bits per heavy atom. The van der Waals surface area contributed by atoms with Crippen molar-refractivity contribution in [3.8, 4) is 17.1 Å². The maximum absolute atomic E-state index is 13.7. The van der Waals surface area contributed by atoms with Crippen molar-refractivity contribution < 1.29 is 31.1 Å². The third kappa shape index (κ3) is 7.94. The van der Waals surface area contributed by atoms with Crippen LogP contribution in [0.2, 0.25) is 0 Å². The highest BCUT2D eigenvalue weighted by molar-refractivity contribution is 8.71. The van der Waals surface area contributed by atoms with Crippen LogP contribution < -0.4 is 10.3 Å². The number of rotatable bonds is 13. The number of nitrogens with zero attached hydrogens (tertiary/aromatic N) is 5. The molecule has 3 aromatic rings. The number of hydrogen-bond acceptors (Lipinski definition) is 12. The van der Waals surface area contributed by atoms with Crippen LogP contribution in [0.4, 0.5) is 0 Å². The number of fused-ring (bicyclic) bond motifs is 1. The smallest absolute Gasteiger partial charge is 0.320 e. The monoisotopic (exact) mass is 656 g/mol. The van der Waals surface area contributed by atoms with Crippen molar-refractivity contribution in [2.75, 3.05) is 57.9 Å². The van der Waals surface area contributed by atoms with E-state index >= 15 is 0 Å². The number of carbonyl (C=O) groups excluding carboxylic acids is 1. The van der Waals surface area contributed by atoms with E-state index in [0.717, 1.165) is 12.7 Å². The highest BCUT2D eigenvalue weighted by Gasteiger charge is 2.30. The van der Waals surface area contributed by atoms with Gasteiger partial charge in [-0.3, -0.25) is 19.2 Å². The van der Waals surface area contributed by atoms with E-state index in [2.05, 4.69) is 10.1 Å². The Balaban J connectivity index is 1.52. The van der Waals surface area contributed by atoms with E-state index in [0.29, 0.717) is 65.0 Å². The molecule has 1 aliphatic rings. The van der Waals surface area contributed by atoms with Gasteiger partial charge in [-0.2, -0.15) is 9.40 Å². The lowest BCUT2D eigenvalue weighted by Crippen LogP contribution is -2.50. The maximum Gasteiger partial charge on any atom is 0.320 e. The number of aromatic nitrogens is 4. The van der Waals surface area contributed by atoms with Crippen molar-refractivity contribution in [1.82, 2.24) is 29.0 Å². The number of nitrogens with one attached hydrogen (secondary N) is 1. The Morgan fingerprint density at radius 3 is 2.49 bits per heavy atom.